The summed E-state index contributed by atoms with van der Waals surface area (Å²) < 4.78 is 48.1. The van der Waals surface area contributed by atoms with Crippen molar-refractivity contribution in [3.63, 3.8) is 0 Å². The Morgan fingerprint density at radius 3 is 2.74 bits per heavy atom. The Bertz CT molecular complexity index is 1080. The quantitative estimate of drug-likeness (QED) is 0.275. The Labute approximate surface area is 180 Å². The van der Waals surface area contributed by atoms with E-state index in [9.17, 15) is 13.6 Å². The van der Waals surface area contributed by atoms with Crippen LogP contribution in [-0.2, 0) is 11.3 Å². The van der Waals surface area contributed by atoms with E-state index in [1.165, 1.54) is 26.5 Å². The number of thioether (sulfide) groups is 1. The second-order valence-electron chi connectivity index (χ2n) is 5.86. The van der Waals surface area contributed by atoms with Crippen molar-refractivity contribution in [2.75, 3.05) is 20.5 Å². The Hall–Kier alpha value is -3.41. The molecule has 0 N–H and O–H groups in total. The number of furan rings is 1. The summed E-state index contributed by atoms with van der Waals surface area (Å²) in [6, 6.07) is 8.03. The fourth-order valence-corrected chi connectivity index (χ4v) is 2.91. The largest absolute Gasteiger partial charge is 0.493 e. The van der Waals surface area contributed by atoms with Gasteiger partial charge in [-0.15, -0.1) is 10.2 Å². The minimum Gasteiger partial charge on any atom is -0.493 e. The highest BCUT2D eigenvalue weighted by atomic mass is 32.2. The third-order valence-corrected chi connectivity index (χ3v) is 4.56. The molecule has 0 aliphatic rings. The molecule has 0 aliphatic heterocycles. The van der Waals surface area contributed by atoms with Crippen LogP contribution >= 0.6 is 11.8 Å². The van der Waals surface area contributed by atoms with Crippen LogP contribution < -0.4 is 9.47 Å². The van der Waals surface area contributed by atoms with Crippen molar-refractivity contribution in [1.82, 2.24) is 14.9 Å². The van der Waals surface area contributed by atoms with Crippen LogP contribution in [0.15, 0.2) is 45.0 Å². The predicted molar refractivity (Wildman–Crippen MR) is 107 cm³/mol. The van der Waals surface area contributed by atoms with Crippen molar-refractivity contribution in [1.29, 1.82) is 0 Å². The molecule has 0 fully saturated rings. The number of ether oxygens (including phenoxy) is 3. The molecule has 1 aromatic carbocycles. The summed E-state index contributed by atoms with van der Waals surface area (Å²) in [6.07, 6.45) is 0.265. The number of methoxy groups -OCH3 is 2. The number of rotatable bonds is 9. The maximum atomic E-state index is 13.1. The van der Waals surface area contributed by atoms with Crippen molar-refractivity contribution >= 4 is 23.9 Å². The summed E-state index contributed by atoms with van der Waals surface area (Å²) in [6.45, 7) is 0.0519. The normalized spacial score (nSPS) is 11.3. The molecule has 2 aromatic heterocycles. The summed E-state index contributed by atoms with van der Waals surface area (Å²) in [5, 5.41) is 11.5. The third kappa shape index (κ3) is 5.20. The molecule has 2 heterocycles. The van der Waals surface area contributed by atoms with E-state index in [4.69, 9.17) is 13.9 Å². The van der Waals surface area contributed by atoms with Gasteiger partial charge in [-0.1, -0.05) is 11.8 Å². The predicted octanol–water partition coefficient (Wildman–Crippen LogP) is 3.79. The lowest BCUT2D eigenvalue weighted by molar-refractivity contribution is 0.0561. The van der Waals surface area contributed by atoms with Gasteiger partial charge in [0.25, 0.3) is 6.43 Å². The number of esters is 1. The smallest absolute Gasteiger partial charge is 0.373 e. The van der Waals surface area contributed by atoms with Gasteiger partial charge in [0.05, 0.1) is 20.4 Å². The molecular formula is C19H18F2N4O5S. The average Bonchev–Trinajstić information content (AvgIpc) is 3.42. The van der Waals surface area contributed by atoms with E-state index in [0.29, 0.717) is 22.8 Å². The Balaban J connectivity index is 1.74. The zero-order chi connectivity index (χ0) is 22.4. The molecule has 0 unspecified atom stereocenters. The van der Waals surface area contributed by atoms with Gasteiger partial charge in [0.15, 0.2) is 11.5 Å². The molecule has 0 aliphatic carbocycles. The fourth-order valence-electron chi connectivity index (χ4n) is 2.47. The number of hydrogen-bond acceptors (Lipinski definition) is 9. The summed E-state index contributed by atoms with van der Waals surface area (Å²) in [7, 11) is 2.72. The fraction of sp³-hybridized carbons (Fsp3) is 0.263. The standard InChI is InChI=1S/C19H18F2N4O5S/c1-27-15-8-11(9-22-25-17(16(20)21)23-24-19(25)31-3)4-6-13(15)29-10-12-5-7-14(30-12)18(26)28-2/h4-9,16H,10H2,1-3H3/b22-9-. The van der Waals surface area contributed by atoms with E-state index in [2.05, 4.69) is 20.0 Å². The molecule has 0 atom stereocenters. The molecule has 0 saturated heterocycles. The van der Waals surface area contributed by atoms with Gasteiger partial charge >= 0.3 is 5.97 Å². The number of carbonyl (C=O) groups excluding carboxylic acids is 1. The molecule has 3 aromatic rings. The summed E-state index contributed by atoms with van der Waals surface area (Å²) in [4.78, 5) is 11.4. The maximum Gasteiger partial charge on any atom is 0.373 e. The molecular weight excluding hydrogens is 434 g/mol. The summed E-state index contributed by atoms with van der Waals surface area (Å²) in [5.74, 6) is 0.174. The number of carbonyl (C=O) groups is 1. The third-order valence-electron chi connectivity index (χ3n) is 3.94. The van der Waals surface area contributed by atoms with Crippen LogP contribution in [0.25, 0.3) is 0 Å². The summed E-state index contributed by atoms with van der Waals surface area (Å²) in [5.41, 5.74) is 0.580. The highest BCUT2D eigenvalue weighted by molar-refractivity contribution is 7.98. The maximum absolute atomic E-state index is 13.1. The molecule has 164 valence electrons. The molecule has 31 heavy (non-hydrogen) atoms. The van der Waals surface area contributed by atoms with Gasteiger partial charge in [-0.25, -0.2) is 13.6 Å². The first kappa shape index (κ1) is 22.3. The van der Waals surface area contributed by atoms with Gasteiger partial charge in [0, 0.05) is 0 Å². The minimum absolute atomic E-state index is 0.0519. The Morgan fingerprint density at radius 1 is 1.26 bits per heavy atom. The Kier molecular flexibility index (Phi) is 7.23. The van der Waals surface area contributed by atoms with Crippen LogP contribution in [0.2, 0.25) is 0 Å². The van der Waals surface area contributed by atoms with Crippen molar-refractivity contribution in [3.05, 3.63) is 53.2 Å². The first-order chi connectivity index (χ1) is 15.0. The van der Waals surface area contributed by atoms with Crippen LogP contribution in [-0.4, -0.2) is 47.5 Å². The zero-order valence-corrected chi connectivity index (χ0v) is 17.6. The molecule has 9 nitrogen and oxygen atoms in total. The van der Waals surface area contributed by atoms with Crippen molar-refractivity contribution in [2.45, 2.75) is 18.2 Å². The molecule has 0 spiro atoms. The molecule has 0 bridgehead atoms. The minimum atomic E-state index is -2.81. The number of aromatic nitrogens is 3. The molecule has 0 amide bonds. The second-order valence-corrected chi connectivity index (χ2v) is 6.63. The lowest BCUT2D eigenvalue weighted by atomic mass is 10.2. The van der Waals surface area contributed by atoms with Crippen LogP contribution in [0.3, 0.4) is 0 Å². The molecule has 3 rings (SSSR count). The van der Waals surface area contributed by atoms with E-state index < -0.39 is 18.2 Å². The van der Waals surface area contributed by atoms with E-state index >= 15 is 0 Å². The van der Waals surface area contributed by atoms with Crippen molar-refractivity contribution in [2.24, 2.45) is 5.10 Å². The zero-order valence-electron chi connectivity index (χ0n) is 16.7. The monoisotopic (exact) mass is 452 g/mol. The topological polar surface area (TPSA) is 101 Å². The average molecular weight is 452 g/mol. The van der Waals surface area contributed by atoms with E-state index in [1.807, 2.05) is 0 Å². The van der Waals surface area contributed by atoms with E-state index in [0.717, 1.165) is 16.4 Å². The number of nitrogens with zero attached hydrogens (tertiary/aromatic N) is 4. The van der Waals surface area contributed by atoms with Gasteiger partial charge in [0.1, 0.15) is 12.4 Å². The summed E-state index contributed by atoms with van der Waals surface area (Å²) >= 11 is 1.15. The number of halogens is 2. The van der Waals surface area contributed by atoms with Crippen LogP contribution in [0.5, 0.6) is 11.5 Å². The van der Waals surface area contributed by atoms with Crippen LogP contribution in [0.1, 0.15) is 34.1 Å². The van der Waals surface area contributed by atoms with E-state index in [1.54, 1.807) is 30.5 Å². The number of benzene rings is 1. The molecule has 0 radical (unpaired) electrons. The second kappa shape index (κ2) is 10.1. The van der Waals surface area contributed by atoms with Crippen LogP contribution in [0.4, 0.5) is 8.78 Å². The van der Waals surface area contributed by atoms with E-state index in [-0.39, 0.29) is 17.5 Å². The van der Waals surface area contributed by atoms with Gasteiger partial charge < -0.3 is 18.6 Å². The lowest BCUT2D eigenvalue weighted by Gasteiger charge is -2.10. The lowest BCUT2D eigenvalue weighted by Crippen LogP contribution is -2.01. The highest BCUT2D eigenvalue weighted by Crippen LogP contribution is 2.29. The van der Waals surface area contributed by atoms with Gasteiger partial charge in [-0.2, -0.15) is 9.78 Å². The van der Waals surface area contributed by atoms with Gasteiger partial charge in [0.2, 0.25) is 16.7 Å². The highest BCUT2D eigenvalue weighted by Gasteiger charge is 2.19. The first-order valence-electron chi connectivity index (χ1n) is 8.76. The van der Waals surface area contributed by atoms with Crippen molar-refractivity contribution in [3.8, 4) is 11.5 Å². The SMILES string of the molecule is COC(=O)c1ccc(COc2ccc(/C=N\n3c(SC)nnc3C(F)F)cc2OC)o1. The van der Waals surface area contributed by atoms with Crippen molar-refractivity contribution < 1.29 is 32.2 Å². The first-order valence-corrected chi connectivity index (χ1v) is 9.99. The van der Waals surface area contributed by atoms with Gasteiger partial charge in [-0.05, 0) is 42.2 Å². The van der Waals surface area contributed by atoms with Crippen LogP contribution in [0, 0.1) is 0 Å². The number of hydrogen-bond donors (Lipinski definition) is 0. The number of alkyl halides is 2. The van der Waals surface area contributed by atoms with Gasteiger partial charge in [-0.3, -0.25) is 0 Å². The Morgan fingerprint density at radius 2 is 2.06 bits per heavy atom. The molecule has 0 saturated carbocycles. The molecule has 12 heteroatoms.